The van der Waals surface area contributed by atoms with Crippen molar-refractivity contribution in [3.8, 4) is 5.75 Å². The first-order chi connectivity index (χ1) is 14.0. The van der Waals surface area contributed by atoms with Crippen molar-refractivity contribution in [1.82, 2.24) is 4.90 Å². The summed E-state index contributed by atoms with van der Waals surface area (Å²) in [6.45, 7) is 3.20. The van der Waals surface area contributed by atoms with Crippen LogP contribution in [0.25, 0.3) is 0 Å². The Labute approximate surface area is 176 Å². The molecule has 1 aliphatic heterocycles. The number of benzene rings is 2. The number of carbonyl (C=O) groups is 2. The summed E-state index contributed by atoms with van der Waals surface area (Å²) in [4.78, 5) is 26.9. The Bertz CT molecular complexity index is 849. The number of amides is 3. The monoisotopic (exact) mass is 415 g/mol. The molecule has 1 saturated heterocycles. The third-order valence-corrected chi connectivity index (χ3v) is 5.63. The maximum Gasteiger partial charge on any atom is 0.321 e. The number of piperidine rings is 1. The summed E-state index contributed by atoms with van der Waals surface area (Å²) < 4.78 is 5.19. The standard InChI is InChI=1S/C22H26ClN3O3/c1-15(21(27)24-19-4-3-5-20(14-19)29-2)16-10-12-26(13-11-16)22(28)25-18-8-6-17(23)7-9-18/h3-9,14-16H,10-13H2,1-2H3,(H,24,27)(H,25,28). The summed E-state index contributed by atoms with van der Waals surface area (Å²) in [5, 5.41) is 6.48. The van der Waals surface area contributed by atoms with Gasteiger partial charge in [0, 0.05) is 41.5 Å². The molecule has 29 heavy (non-hydrogen) atoms. The molecule has 1 atom stereocenters. The first kappa shape index (κ1) is 21.0. The zero-order chi connectivity index (χ0) is 20.8. The normalized spacial score (nSPS) is 15.5. The average Bonchev–Trinajstić information content (AvgIpc) is 2.75. The van der Waals surface area contributed by atoms with Gasteiger partial charge in [0.15, 0.2) is 0 Å². The Morgan fingerprint density at radius 2 is 1.76 bits per heavy atom. The van der Waals surface area contributed by atoms with Crippen LogP contribution in [0.2, 0.25) is 5.02 Å². The fraction of sp³-hybridized carbons (Fsp3) is 0.364. The second-order valence-electron chi connectivity index (χ2n) is 7.27. The van der Waals surface area contributed by atoms with Crippen LogP contribution in [-0.2, 0) is 4.79 Å². The maximum absolute atomic E-state index is 12.6. The number of urea groups is 1. The number of rotatable bonds is 5. The predicted molar refractivity (Wildman–Crippen MR) is 116 cm³/mol. The van der Waals surface area contributed by atoms with Gasteiger partial charge in [0.2, 0.25) is 5.91 Å². The van der Waals surface area contributed by atoms with E-state index in [4.69, 9.17) is 16.3 Å². The fourth-order valence-electron chi connectivity index (χ4n) is 3.51. The van der Waals surface area contributed by atoms with Crippen LogP contribution in [0.4, 0.5) is 16.2 Å². The first-order valence-corrected chi connectivity index (χ1v) is 10.1. The van der Waals surface area contributed by atoms with Gasteiger partial charge in [0.25, 0.3) is 0 Å². The molecule has 1 fully saturated rings. The highest BCUT2D eigenvalue weighted by molar-refractivity contribution is 6.30. The van der Waals surface area contributed by atoms with E-state index in [0.717, 1.165) is 18.5 Å². The van der Waals surface area contributed by atoms with Crippen LogP contribution in [0, 0.1) is 11.8 Å². The molecule has 1 unspecified atom stereocenters. The molecule has 0 bridgehead atoms. The van der Waals surface area contributed by atoms with E-state index < -0.39 is 0 Å². The number of halogens is 1. The molecular formula is C22H26ClN3O3. The molecule has 0 aliphatic carbocycles. The smallest absolute Gasteiger partial charge is 0.321 e. The van der Waals surface area contributed by atoms with Crippen molar-refractivity contribution in [3.05, 3.63) is 53.6 Å². The van der Waals surface area contributed by atoms with Gasteiger partial charge in [0.05, 0.1) is 7.11 Å². The van der Waals surface area contributed by atoms with E-state index in [-0.39, 0.29) is 23.8 Å². The zero-order valence-electron chi connectivity index (χ0n) is 16.7. The second-order valence-corrected chi connectivity index (χ2v) is 7.71. The third-order valence-electron chi connectivity index (χ3n) is 5.38. The van der Waals surface area contributed by atoms with E-state index in [1.54, 1.807) is 42.3 Å². The molecule has 3 rings (SSSR count). The van der Waals surface area contributed by atoms with Crippen LogP contribution >= 0.6 is 11.6 Å². The number of anilines is 2. The summed E-state index contributed by atoms with van der Waals surface area (Å²) >= 11 is 5.87. The van der Waals surface area contributed by atoms with Crippen molar-refractivity contribution >= 4 is 34.9 Å². The van der Waals surface area contributed by atoms with Gasteiger partial charge in [-0.2, -0.15) is 0 Å². The lowest BCUT2D eigenvalue weighted by atomic mass is 9.85. The molecule has 2 N–H and O–H groups in total. The number of methoxy groups -OCH3 is 1. The Morgan fingerprint density at radius 3 is 2.41 bits per heavy atom. The van der Waals surface area contributed by atoms with Crippen molar-refractivity contribution in [1.29, 1.82) is 0 Å². The molecule has 1 aliphatic rings. The molecule has 3 amide bonds. The van der Waals surface area contributed by atoms with Gasteiger partial charge in [-0.05, 0) is 55.2 Å². The van der Waals surface area contributed by atoms with Crippen molar-refractivity contribution in [2.75, 3.05) is 30.8 Å². The quantitative estimate of drug-likeness (QED) is 0.732. The van der Waals surface area contributed by atoms with Crippen LogP contribution in [0.5, 0.6) is 5.75 Å². The molecule has 0 saturated carbocycles. The summed E-state index contributed by atoms with van der Waals surface area (Å²) in [7, 11) is 1.60. The van der Waals surface area contributed by atoms with E-state index in [0.29, 0.717) is 29.5 Å². The van der Waals surface area contributed by atoms with Gasteiger partial charge in [-0.25, -0.2) is 4.79 Å². The number of ether oxygens (including phenoxy) is 1. The summed E-state index contributed by atoms with van der Waals surface area (Å²) in [5.74, 6) is 0.792. The topological polar surface area (TPSA) is 70.7 Å². The van der Waals surface area contributed by atoms with Crippen LogP contribution in [-0.4, -0.2) is 37.0 Å². The van der Waals surface area contributed by atoms with E-state index in [2.05, 4.69) is 10.6 Å². The Morgan fingerprint density at radius 1 is 1.07 bits per heavy atom. The summed E-state index contributed by atoms with van der Waals surface area (Å²) in [5.41, 5.74) is 1.44. The lowest BCUT2D eigenvalue weighted by Gasteiger charge is -2.34. The lowest BCUT2D eigenvalue weighted by molar-refractivity contribution is -0.121. The van der Waals surface area contributed by atoms with Crippen molar-refractivity contribution in [2.24, 2.45) is 11.8 Å². The van der Waals surface area contributed by atoms with E-state index in [1.165, 1.54) is 0 Å². The minimum Gasteiger partial charge on any atom is -0.497 e. The highest BCUT2D eigenvalue weighted by Gasteiger charge is 2.30. The SMILES string of the molecule is COc1cccc(NC(=O)C(C)C2CCN(C(=O)Nc3ccc(Cl)cc3)CC2)c1. The molecule has 2 aromatic rings. The van der Waals surface area contributed by atoms with E-state index in [1.807, 2.05) is 25.1 Å². The number of carbonyl (C=O) groups excluding carboxylic acids is 2. The summed E-state index contributed by atoms with van der Waals surface area (Å²) in [6, 6.07) is 14.2. The van der Waals surface area contributed by atoms with Gasteiger partial charge in [0.1, 0.15) is 5.75 Å². The Hall–Kier alpha value is -2.73. The Kier molecular flexibility index (Phi) is 6.99. The molecular weight excluding hydrogens is 390 g/mol. The molecule has 7 heteroatoms. The van der Waals surface area contributed by atoms with E-state index >= 15 is 0 Å². The molecule has 1 heterocycles. The zero-order valence-corrected chi connectivity index (χ0v) is 17.4. The van der Waals surface area contributed by atoms with Crippen molar-refractivity contribution in [3.63, 3.8) is 0 Å². The number of nitrogens with one attached hydrogen (secondary N) is 2. The lowest BCUT2D eigenvalue weighted by Crippen LogP contribution is -2.43. The number of hydrogen-bond donors (Lipinski definition) is 2. The minimum atomic E-state index is -0.136. The number of nitrogens with zero attached hydrogens (tertiary/aromatic N) is 1. The fourth-order valence-corrected chi connectivity index (χ4v) is 3.64. The van der Waals surface area contributed by atoms with Crippen LogP contribution in [0.15, 0.2) is 48.5 Å². The van der Waals surface area contributed by atoms with Gasteiger partial charge >= 0.3 is 6.03 Å². The van der Waals surface area contributed by atoms with Crippen molar-refractivity contribution < 1.29 is 14.3 Å². The average molecular weight is 416 g/mol. The van der Waals surface area contributed by atoms with Crippen LogP contribution in [0.1, 0.15) is 19.8 Å². The molecule has 2 aromatic carbocycles. The van der Waals surface area contributed by atoms with Gasteiger partial charge in [-0.15, -0.1) is 0 Å². The second kappa shape index (κ2) is 9.65. The number of likely N-dealkylation sites (tertiary alicyclic amines) is 1. The Balaban J connectivity index is 1.49. The van der Waals surface area contributed by atoms with Gasteiger partial charge in [-0.1, -0.05) is 24.6 Å². The first-order valence-electron chi connectivity index (χ1n) is 9.72. The third kappa shape index (κ3) is 5.64. The highest BCUT2D eigenvalue weighted by Crippen LogP contribution is 2.27. The minimum absolute atomic E-state index is 0.0117. The van der Waals surface area contributed by atoms with Crippen molar-refractivity contribution in [2.45, 2.75) is 19.8 Å². The largest absolute Gasteiger partial charge is 0.497 e. The molecule has 0 aromatic heterocycles. The maximum atomic E-state index is 12.6. The molecule has 0 radical (unpaired) electrons. The highest BCUT2D eigenvalue weighted by atomic mass is 35.5. The van der Waals surface area contributed by atoms with Crippen LogP contribution < -0.4 is 15.4 Å². The molecule has 0 spiro atoms. The molecule has 154 valence electrons. The molecule has 6 nitrogen and oxygen atoms in total. The summed E-state index contributed by atoms with van der Waals surface area (Å²) in [6.07, 6.45) is 1.58. The van der Waals surface area contributed by atoms with Gasteiger partial charge < -0.3 is 20.3 Å². The van der Waals surface area contributed by atoms with E-state index in [9.17, 15) is 9.59 Å². The van der Waals surface area contributed by atoms with Crippen LogP contribution in [0.3, 0.4) is 0 Å². The number of hydrogen-bond acceptors (Lipinski definition) is 3. The van der Waals surface area contributed by atoms with Gasteiger partial charge in [-0.3, -0.25) is 4.79 Å². The predicted octanol–water partition coefficient (Wildman–Crippen LogP) is 4.87.